The van der Waals surface area contributed by atoms with E-state index < -0.39 is 5.60 Å². The van der Waals surface area contributed by atoms with Gasteiger partial charge in [-0.2, -0.15) is 11.8 Å². The van der Waals surface area contributed by atoms with E-state index in [0.717, 1.165) is 44.4 Å². The zero-order chi connectivity index (χ0) is 14.0. The second kappa shape index (κ2) is 6.55. The molecule has 1 atom stereocenters. The molecule has 3 aliphatic rings. The Kier molecular flexibility index (Phi) is 4.96. The molecule has 0 aromatic carbocycles. The molecule has 3 rings (SSSR count). The molecule has 0 spiro atoms. The maximum atomic E-state index is 10.8. The van der Waals surface area contributed by atoms with Gasteiger partial charge in [0.1, 0.15) is 0 Å². The molecule has 1 aliphatic carbocycles. The number of thioether (sulfide) groups is 1. The molecule has 2 aliphatic heterocycles. The Morgan fingerprint density at radius 3 is 2.40 bits per heavy atom. The predicted molar refractivity (Wildman–Crippen MR) is 86.3 cm³/mol. The van der Waals surface area contributed by atoms with E-state index in [1.807, 2.05) is 0 Å². The molecule has 116 valence electrons. The van der Waals surface area contributed by atoms with Gasteiger partial charge in [0.2, 0.25) is 0 Å². The van der Waals surface area contributed by atoms with Crippen LogP contribution in [-0.4, -0.2) is 70.8 Å². The monoisotopic (exact) mass is 298 g/mol. The Morgan fingerprint density at radius 1 is 1.10 bits per heavy atom. The summed E-state index contributed by atoms with van der Waals surface area (Å²) in [6.45, 7) is 7.94. The highest BCUT2D eigenvalue weighted by Gasteiger charge is 2.35. The number of hydrogen-bond acceptors (Lipinski definition) is 4. The van der Waals surface area contributed by atoms with Gasteiger partial charge in [0.25, 0.3) is 0 Å². The first kappa shape index (κ1) is 15.1. The van der Waals surface area contributed by atoms with E-state index in [-0.39, 0.29) is 0 Å². The summed E-state index contributed by atoms with van der Waals surface area (Å²) in [4.78, 5) is 5.19. The molecular weight excluding hydrogens is 268 g/mol. The second-order valence-electron chi connectivity index (χ2n) is 7.24. The first-order valence-corrected chi connectivity index (χ1v) is 9.57. The molecule has 2 heterocycles. The zero-order valence-electron chi connectivity index (χ0n) is 12.9. The molecule has 0 bridgehead atoms. The van der Waals surface area contributed by atoms with Crippen LogP contribution in [0.3, 0.4) is 0 Å². The number of hydrogen-bond donors (Lipinski definition) is 1. The Hall–Kier alpha value is 0.230. The molecule has 1 saturated carbocycles. The summed E-state index contributed by atoms with van der Waals surface area (Å²) < 4.78 is 0. The molecule has 4 heteroatoms. The van der Waals surface area contributed by atoms with Gasteiger partial charge in [-0.1, -0.05) is 6.92 Å². The first-order chi connectivity index (χ1) is 9.65. The minimum absolute atomic E-state index is 0.391. The summed E-state index contributed by atoms with van der Waals surface area (Å²) >= 11 is 2.11. The van der Waals surface area contributed by atoms with Crippen LogP contribution in [0.15, 0.2) is 0 Å². The SMILES string of the molecule is CC1CCC(O)(CN2CCN([C@H]3CCSC3)CC2)CC1. The minimum atomic E-state index is -0.391. The van der Waals surface area contributed by atoms with Gasteiger partial charge in [0.15, 0.2) is 0 Å². The van der Waals surface area contributed by atoms with Gasteiger partial charge in [0.05, 0.1) is 5.60 Å². The van der Waals surface area contributed by atoms with Crippen molar-refractivity contribution in [2.75, 3.05) is 44.2 Å². The summed E-state index contributed by atoms with van der Waals surface area (Å²) in [5, 5.41) is 10.8. The van der Waals surface area contributed by atoms with Crippen LogP contribution in [0.1, 0.15) is 39.0 Å². The van der Waals surface area contributed by atoms with Crippen molar-refractivity contribution in [3.63, 3.8) is 0 Å². The number of nitrogens with zero attached hydrogens (tertiary/aromatic N) is 2. The van der Waals surface area contributed by atoms with Crippen molar-refractivity contribution < 1.29 is 5.11 Å². The van der Waals surface area contributed by atoms with Gasteiger partial charge >= 0.3 is 0 Å². The van der Waals surface area contributed by atoms with Crippen LogP contribution in [0.4, 0.5) is 0 Å². The van der Waals surface area contributed by atoms with Crippen LogP contribution in [0.25, 0.3) is 0 Å². The van der Waals surface area contributed by atoms with E-state index in [1.54, 1.807) is 0 Å². The Labute approximate surface area is 128 Å². The van der Waals surface area contributed by atoms with E-state index in [9.17, 15) is 5.11 Å². The smallest absolute Gasteiger partial charge is 0.0774 e. The highest BCUT2D eigenvalue weighted by Crippen LogP contribution is 2.32. The maximum absolute atomic E-state index is 10.8. The summed E-state index contributed by atoms with van der Waals surface area (Å²) in [6, 6.07) is 0.834. The standard InChI is InChI=1S/C16H30N2OS/c1-14-2-5-16(19,6-3-14)13-17-7-9-18(10-8-17)15-4-11-20-12-15/h14-15,19H,2-13H2,1H3/t14?,15-,16?/m0/s1. The van der Waals surface area contributed by atoms with Crippen LogP contribution < -0.4 is 0 Å². The predicted octanol–water partition coefficient (Wildman–Crippen LogP) is 2.05. The molecular formula is C16H30N2OS. The lowest BCUT2D eigenvalue weighted by Gasteiger charge is -2.43. The largest absolute Gasteiger partial charge is 0.389 e. The average molecular weight is 298 g/mol. The molecule has 20 heavy (non-hydrogen) atoms. The summed E-state index contributed by atoms with van der Waals surface area (Å²) in [6.07, 6.45) is 5.80. The molecule has 3 fully saturated rings. The van der Waals surface area contributed by atoms with Crippen molar-refractivity contribution in [1.82, 2.24) is 9.80 Å². The van der Waals surface area contributed by atoms with Crippen LogP contribution in [-0.2, 0) is 0 Å². The average Bonchev–Trinajstić information content (AvgIpc) is 2.97. The van der Waals surface area contributed by atoms with Crippen LogP contribution in [0, 0.1) is 5.92 Å². The van der Waals surface area contributed by atoms with Crippen molar-refractivity contribution in [3.05, 3.63) is 0 Å². The van der Waals surface area contributed by atoms with Crippen molar-refractivity contribution >= 4 is 11.8 Å². The third-order valence-corrected chi connectivity index (χ3v) is 6.70. The quantitative estimate of drug-likeness (QED) is 0.863. The second-order valence-corrected chi connectivity index (χ2v) is 8.39. The topological polar surface area (TPSA) is 26.7 Å². The lowest BCUT2D eigenvalue weighted by molar-refractivity contribution is -0.0451. The zero-order valence-corrected chi connectivity index (χ0v) is 13.7. The van der Waals surface area contributed by atoms with Crippen LogP contribution >= 0.6 is 11.8 Å². The van der Waals surface area contributed by atoms with Gasteiger partial charge in [-0.05, 0) is 43.8 Å². The molecule has 0 unspecified atom stereocenters. The van der Waals surface area contributed by atoms with Crippen LogP contribution in [0.2, 0.25) is 0 Å². The van der Waals surface area contributed by atoms with Crippen molar-refractivity contribution in [2.45, 2.75) is 50.7 Å². The van der Waals surface area contributed by atoms with E-state index >= 15 is 0 Å². The van der Waals surface area contributed by atoms with E-state index in [2.05, 4.69) is 28.5 Å². The fourth-order valence-electron chi connectivity index (χ4n) is 3.97. The molecule has 0 aromatic rings. The molecule has 2 saturated heterocycles. The van der Waals surface area contributed by atoms with Gasteiger partial charge in [-0.3, -0.25) is 9.80 Å². The summed E-state index contributed by atoms with van der Waals surface area (Å²) in [5.74, 6) is 3.50. The Balaban J connectivity index is 1.44. The lowest BCUT2D eigenvalue weighted by atomic mass is 9.79. The van der Waals surface area contributed by atoms with Crippen molar-refractivity contribution in [1.29, 1.82) is 0 Å². The van der Waals surface area contributed by atoms with Crippen molar-refractivity contribution in [2.24, 2.45) is 5.92 Å². The van der Waals surface area contributed by atoms with Gasteiger partial charge in [0, 0.05) is 44.5 Å². The molecule has 0 amide bonds. The molecule has 3 nitrogen and oxygen atoms in total. The molecule has 1 N–H and O–H groups in total. The minimum Gasteiger partial charge on any atom is -0.389 e. The van der Waals surface area contributed by atoms with Gasteiger partial charge in [-0.25, -0.2) is 0 Å². The van der Waals surface area contributed by atoms with E-state index in [1.165, 1.54) is 43.9 Å². The van der Waals surface area contributed by atoms with E-state index in [0.29, 0.717) is 0 Å². The Morgan fingerprint density at radius 2 is 1.80 bits per heavy atom. The fraction of sp³-hybridized carbons (Fsp3) is 1.00. The summed E-state index contributed by atoms with van der Waals surface area (Å²) in [7, 11) is 0. The maximum Gasteiger partial charge on any atom is 0.0774 e. The number of piperazine rings is 1. The van der Waals surface area contributed by atoms with Crippen molar-refractivity contribution in [3.8, 4) is 0 Å². The molecule has 0 radical (unpaired) electrons. The van der Waals surface area contributed by atoms with E-state index in [4.69, 9.17) is 0 Å². The normalized spacial score (nSPS) is 41.1. The number of rotatable bonds is 3. The summed E-state index contributed by atoms with van der Waals surface area (Å²) in [5.41, 5.74) is -0.391. The van der Waals surface area contributed by atoms with Crippen LogP contribution in [0.5, 0.6) is 0 Å². The Bertz CT molecular complexity index is 304. The first-order valence-electron chi connectivity index (χ1n) is 8.41. The highest BCUT2D eigenvalue weighted by atomic mass is 32.2. The lowest BCUT2D eigenvalue weighted by Crippen LogP contribution is -2.54. The number of aliphatic hydroxyl groups is 1. The molecule has 0 aromatic heterocycles. The number of β-amino-alcohol motifs (C(OH)–C–C–N with tert-alkyl or cyclic N) is 1. The third kappa shape index (κ3) is 3.70. The highest BCUT2D eigenvalue weighted by molar-refractivity contribution is 7.99. The fourth-order valence-corrected chi connectivity index (χ4v) is 5.23. The van der Waals surface area contributed by atoms with Gasteiger partial charge in [-0.15, -0.1) is 0 Å². The van der Waals surface area contributed by atoms with Gasteiger partial charge < -0.3 is 5.11 Å². The third-order valence-electron chi connectivity index (χ3n) is 5.55.